The Labute approximate surface area is 178 Å². The summed E-state index contributed by atoms with van der Waals surface area (Å²) in [6, 6.07) is 15.1. The van der Waals surface area contributed by atoms with Crippen molar-refractivity contribution >= 4 is 38.7 Å². The molecule has 1 aromatic heterocycles. The minimum Gasteiger partial charge on any atom is -0.445 e. The van der Waals surface area contributed by atoms with Crippen molar-refractivity contribution in [2.45, 2.75) is 39.0 Å². The number of Topliss-reactive ketones (excluding diaryl/α,β-unsaturated/α-hetero) is 1. The minimum absolute atomic E-state index is 0.0190. The van der Waals surface area contributed by atoms with E-state index in [1.165, 1.54) is 0 Å². The Bertz CT molecular complexity index is 1040. The number of rotatable bonds is 5. The maximum absolute atomic E-state index is 13.4. The Hall–Kier alpha value is -2.60. The van der Waals surface area contributed by atoms with Crippen molar-refractivity contribution < 1.29 is 14.3 Å². The first-order valence-corrected chi connectivity index (χ1v) is 10.7. The van der Waals surface area contributed by atoms with Crippen LogP contribution in [0.2, 0.25) is 0 Å². The lowest BCUT2D eigenvalue weighted by molar-refractivity contribution is 0.0739. The summed E-state index contributed by atoms with van der Waals surface area (Å²) in [6.45, 7) is 3.58. The average Bonchev–Trinajstić information content (AvgIpc) is 3.37. The van der Waals surface area contributed by atoms with E-state index >= 15 is 0 Å². The Morgan fingerprint density at radius 1 is 1.17 bits per heavy atom. The normalized spacial score (nSPS) is 16.3. The van der Waals surface area contributed by atoms with Crippen molar-refractivity contribution in [1.82, 2.24) is 9.47 Å². The molecular formula is C23H23BrN2O3. The number of carbonyl (C=O) groups excluding carboxylic acids is 2. The number of ketones is 1. The van der Waals surface area contributed by atoms with Crippen LogP contribution in [0.3, 0.4) is 0 Å². The molecule has 0 spiro atoms. The standard InChI is InChI=1S/C23H23BrN2O3/c1-2-25-14-19(18-13-17(24)10-11-20(18)25)22(27)21-9-6-12-26(21)23(28)29-15-16-7-4-3-5-8-16/h3-5,7-8,10-11,13-14,21H,2,6,9,12,15H2,1H3/t21-/m1/s1. The van der Waals surface area contributed by atoms with Crippen LogP contribution in [0.4, 0.5) is 4.79 Å². The number of aromatic nitrogens is 1. The molecular weight excluding hydrogens is 432 g/mol. The van der Waals surface area contributed by atoms with Crippen molar-refractivity contribution in [2.75, 3.05) is 6.54 Å². The Balaban J connectivity index is 1.56. The molecule has 0 radical (unpaired) electrons. The third kappa shape index (κ3) is 3.94. The molecule has 0 N–H and O–H groups in total. The van der Waals surface area contributed by atoms with E-state index < -0.39 is 12.1 Å². The van der Waals surface area contributed by atoms with Gasteiger partial charge in [-0.25, -0.2) is 4.79 Å². The zero-order valence-electron chi connectivity index (χ0n) is 16.3. The summed E-state index contributed by atoms with van der Waals surface area (Å²) >= 11 is 3.50. The predicted octanol–water partition coefficient (Wildman–Crippen LogP) is 5.41. The number of aryl methyl sites for hydroxylation is 1. The molecule has 3 aromatic rings. The van der Waals surface area contributed by atoms with Gasteiger partial charge < -0.3 is 9.30 Å². The lowest BCUT2D eigenvalue weighted by atomic mass is 10.0. The van der Waals surface area contributed by atoms with E-state index in [1.54, 1.807) is 4.90 Å². The van der Waals surface area contributed by atoms with E-state index in [2.05, 4.69) is 27.4 Å². The van der Waals surface area contributed by atoms with Crippen molar-refractivity contribution in [1.29, 1.82) is 0 Å². The number of fused-ring (bicyclic) bond motifs is 1. The Morgan fingerprint density at radius 3 is 2.72 bits per heavy atom. The molecule has 0 saturated carbocycles. The molecule has 1 amide bonds. The molecule has 1 atom stereocenters. The zero-order valence-corrected chi connectivity index (χ0v) is 17.9. The van der Waals surface area contributed by atoms with Gasteiger partial charge in [0.2, 0.25) is 0 Å². The molecule has 1 aliphatic heterocycles. The summed E-state index contributed by atoms with van der Waals surface area (Å²) < 4.78 is 8.48. The number of likely N-dealkylation sites (tertiary alicyclic amines) is 1. The Kier molecular flexibility index (Phi) is 5.72. The largest absolute Gasteiger partial charge is 0.445 e. The molecule has 1 fully saturated rings. The van der Waals surface area contributed by atoms with Gasteiger partial charge in [-0.05, 0) is 43.5 Å². The van der Waals surface area contributed by atoms with Crippen molar-refractivity contribution in [3.63, 3.8) is 0 Å². The van der Waals surface area contributed by atoms with E-state index in [0.717, 1.165) is 33.9 Å². The molecule has 0 bridgehead atoms. The quantitative estimate of drug-likeness (QED) is 0.484. The minimum atomic E-state index is -0.479. The second kappa shape index (κ2) is 8.41. The fourth-order valence-electron chi connectivity index (χ4n) is 3.97. The predicted molar refractivity (Wildman–Crippen MR) is 116 cm³/mol. The Morgan fingerprint density at radius 2 is 1.97 bits per heavy atom. The third-order valence-corrected chi connectivity index (χ3v) is 5.94. The molecule has 5 nitrogen and oxygen atoms in total. The molecule has 2 aromatic carbocycles. The maximum Gasteiger partial charge on any atom is 0.410 e. The van der Waals surface area contributed by atoms with Crippen LogP contribution in [-0.4, -0.2) is 33.9 Å². The first-order valence-electron chi connectivity index (χ1n) is 9.88. The highest BCUT2D eigenvalue weighted by atomic mass is 79.9. The van der Waals surface area contributed by atoms with Gasteiger partial charge in [-0.15, -0.1) is 0 Å². The second-order valence-electron chi connectivity index (χ2n) is 7.25. The number of ether oxygens (including phenoxy) is 1. The van der Waals surface area contributed by atoms with Crippen LogP contribution in [-0.2, 0) is 17.9 Å². The van der Waals surface area contributed by atoms with E-state index in [9.17, 15) is 9.59 Å². The topological polar surface area (TPSA) is 51.5 Å². The number of halogens is 1. The number of hydrogen-bond acceptors (Lipinski definition) is 3. The monoisotopic (exact) mass is 454 g/mol. The summed E-state index contributed by atoms with van der Waals surface area (Å²) in [4.78, 5) is 27.7. The number of benzene rings is 2. The van der Waals surface area contributed by atoms with Gasteiger partial charge in [0, 0.05) is 40.2 Å². The zero-order chi connectivity index (χ0) is 20.4. The molecule has 150 valence electrons. The molecule has 4 rings (SSSR count). The highest BCUT2D eigenvalue weighted by molar-refractivity contribution is 9.10. The maximum atomic E-state index is 13.4. The number of hydrogen-bond donors (Lipinski definition) is 0. The molecule has 0 aliphatic carbocycles. The van der Waals surface area contributed by atoms with E-state index in [1.807, 2.05) is 54.7 Å². The summed E-state index contributed by atoms with van der Waals surface area (Å²) in [6.07, 6.45) is 2.94. The van der Waals surface area contributed by atoms with Crippen LogP contribution >= 0.6 is 15.9 Å². The van der Waals surface area contributed by atoms with Gasteiger partial charge in [-0.3, -0.25) is 9.69 Å². The van der Waals surface area contributed by atoms with Gasteiger partial charge in [-0.1, -0.05) is 46.3 Å². The summed E-state index contributed by atoms with van der Waals surface area (Å²) in [7, 11) is 0. The van der Waals surface area contributed by atoms with Gasteiger partial charge in [0.15, 0.2) is 5.78 Å². The molecule has 1 aliphatic rings. The van der Waals surface area contributed by atoms with Crippen LogP contribution < -0.4 is 0 Å². The van der Waals surface area contributed by atoms with Crippen LogP contribution in [0, 0.1) is 0 Å². The molecule has 29 heavy (non-hydrogen) atoms. The summed E-state index contributed by atoms with van der Waals surface area (Å²) in [5.74, 6) is -0.0190. The molecule has 6 heteroatoms. The molecule has 2 heterocycles. The SMILES string of the molecule is CCn1cc(C(=O)[C@H]2CCCN2C(=O)OCc2ccccc2)c2cc(Br)ccc21. The van der Waals surface area contributed by atoms with Gasteiger partial charge in [-0.2, -0.15) is 0 Å². The number of amides is 1. The van der Waals surface area contributed by atoms with Crippen LogP contribution in [0.5, 0.6) is 0 Å². The first kappa shape index (κ1) is 19.7. The lowest BCUT2D eigenvalue weighted by Gasteiger charge is -2.23. The summed E-state index contributed by atoms with van der Waals surface area (Å²) in [5, 5.41) is 0.913. The van der Waals surface area contributed by atoms with Crippen LogP contribution in [0.1, 0.15) is 35.7 Å². The average molecular weight is 455 g/mol. The smallest absolute Gasteiger partial charge is 0.410 e. The van der Waals surface area contributed by atoms with Gasteiger partial charge in [0.1, 0.15) is 6.61 Å². The fourth-order valence-corrected chi connectivity index (χ4v) is 4.33. The summed E-state index contributed by atoms with van der Waals surface area (Å²) in [5.41, 5.74) is 2.62. The highest BCUT2D eigenvalue weighted by Crippen LogP contribution is 2.30. The first-order chi connectivity index (χ1) is 14.1. The van der Waals surface area contributed by atoms with Crippen LogP contribution in [0.25, 0.3) is 10.9 Å². The van der Waals surface area contributed by atoms with Gasteiger partial charge in [0.25, 0.3) is 0 Å². The van der Waals surface area contributed by atoms with Crippen molar-refractivity contribution in [3.05, 3.63) is 70.3 Å². The van der Waals surface area contributed by atoms with Crippen LogP contribution in [0.15, 0.2) is 59.2 Å². The highest BCUT2D eigenvalue weighted by Gasteiger charge is 2.36. The number of carbonyl (C=O) groups is 2. The van der Waals surface area contributed by atoms with E-state index in [4.69, 9.17) is 4.74 Å². The van der Waals surface area contributed by atoms with Crippen molar-refractivity contribution in [2.24, 2.45) is 0 Å². The van der Waals surface area contributed by atoms with E-state index in [0.29, 0.717) is 18.5 Å². The van der Waals surface area contributed by atoms with Crippen molar-refractivity contribution in [3.8, 4) is 0 Å². The van der Waals surface area contributed by atoms with Gasteiger partial charge in [0.05, 0.1) is 6.04 Å². The lowest BCUT2D eigenvalue weighted by Crippen LogP contribution is -2.40. The molecule has 1 saturated heterocycles. The number of nitrogens with zero attached hydrogens (tertiary/aromatic N) is 2. The second-order valence-corrected chi connectivity index (χ2v) is 8.16. The fraction of sp³-hybridized carbons (Fsp3) is 0.304. The molecule has 0 unspecified atom stereocenters. The van der Waals surface area contributed by atoms with E-state index in [-0.39, 0.29) is 12.4 Å². The van der Waals surface area contributed by atoms with Gasteiger partial charge >= 0.3 is 6.09 Å². The third-order valence-electron chi connectivity index (χ3n) is 5.44.